The van der Waals surface area contributed by atoms with Crippen LogP contribution in [0.3, 0.4) is 0 Å². The maximum atomic E-state index is 12.3. The van der Waals surface area contributed by atoms with E-state index < -0.39 is 11.7 Å². The van der Waals surface area contributed by atoms with E-state index >= 15 is 0 Å². The zero-order valence-corrected chi connectivity index (χ0v) is 8.93. The Morgan fingerprint density at radius 2 is 1.67 bits per heavy atom. The molecule has 1 atom stereocenters. The summed E-state index contributed by atoms with van der Waals surface area (Å²) in [5.41, 5.74) is 0.403. The summed E-state index contributed by atoms with van der Waals surface area (Å²) in [7, 11) is 0. The quantitative estimate of drug-likeness (QED) is 0.692. The molecule has 1 unspecified atom stereocenters. The highest BCUT2D eigenvalue weighted by atomic mass is 19.4. The summed E-state index contributed by atoms with van der Waals surface area (Å²) in [5, 5.41) is 0. The first-order chi connectivity index (χ1) is 6.95. The third kappa shape index (κ3) is 3.26. The molecule has 0 bridgehead atoms. The molecule has 0 spiro atoms. The van der Waals surface area contributed by atoms with Crippen molar-refractivity contribution >= 4 is 0 Å². The molecule has 0 saturated carbocycles. The number of benzene rings is 1. The summed E-state index contributed by atoms with van der Waals surface area (Å²) < 4.78 is 36.8. The van der Waals surface area contributed by atoms with Crippen molar-refractivity contribution in [2.75, 3.05) is 0 Å². The summed E-state index contributed by atoms with van der Waals surface area (Å²) in [4.78, 5) is 0. The van der Waals surface area contributed by atoms with E-state index in [-0.39, 0.29) is 0 Å². The van der Waals surface area contributed by atoms with Gasteiger partial charge in [-0.25, -0.2) is 0 Å². The fraction of sp³-hybridized carbons (Fsp3) is 0.500. The van der Waals surface area contributed by atoms with Gasteiger partial charge in [-0.2, -0.15) is 13.2 Å². The van der Waals surface area contributed by atoms with Gasteiger partial charge in [0.1, 0.15) is 0 Å². The second-order valence-electron chi connectivity index (χ2n) is 3.81. The summed E-state index contributed by atoms with van der Waals surface area (Å²) in [6.45, 7) is 4.10. The van der Waals surface area contributed by atoms with Crippen LogP contribution in [0.1, 0.15) is 43.7 Å². The number of halogens is 3. The van der Waals surface area contributed by atoms with Crippen LogP contribution in [0.5, 0.6) is 0 Å². The summed E-state index contributed by atoms with van der Waals surface area (Å²) >= 11 is 0. The van der Waals surface area contributed by atoms with E-state index in [0.717, 1.165) is 30.5 Å². The molecule has 84 valence electrons. The molecule has 15 heavy (non-hydrogen) atoms. The van der Waals surface area contributed by atoms with Crippen molar-refractivity contribution in [1.82, 2.24) is 0 Å². The average molecular weight is 216 g/mol. The van der Waals surface area contributed by atoms with Crippen LogP contribution < -0.4 is 0 Å². The minimum absolute atomic E-state index is 0.331. The van der Waals surface area contributed by atoms with E-state index in [1.165, 1.54) is 0 Å². The number of hydrogen-bond donors (Lipinski definition) is 0. The molecule has 1 rings (SSSR count). The van der Waals surface area contributed by atoms with Crippen molar-refractivity contribution in [2.24, 2.45) is 0 Å². The molecule has 0 saturated heterocycles. The van der Waals surface area contributed by atoms with Crippen molar-refractivity contribution in [1.29, 1.82) is 0 Å². The highest BCUT2D eigenvalue weighted by Crippen LogP contribution is 2.30. The molecule has 0 aliphatic carbocycles. The Bertz CT molecular complexity index is 298. The van der Waals surface area contributed by atoms with Gasteiger partial charge in [-0.15, -0.1) is 0 Å². The highest BCUT2D eigenvalue weighted by molar-refractivity contribution is 5.26. The summed E-state index contributed by atoms with van der Waals surface area (Å²) in [6.07, 6.45) is -2.18. The van der Waals surface area contributed by atoms with E-state index in [9.17, 15) is 13.2 Å². The lowest BCUT2D eigenvalue weighted by Crippen LogP contribution is -2.05. The second-order valence-corrected chi connectivity index (χ2v) is 3.81. The molecular formula is C12H15F3. The van der Waals surface area contributed by atoms with Gasteiger partial charge in [-0.3, -0.25) is 0 Å². The molecule has 0 amide bonds. The monoisotopic (exact) mass is 216 g/mol. The van der Waals surface area contributed by atoms with Crippen LogP contribution in [0, 0.1) is 0 Å². The molecule has 0 aromatic heterocycles. The maximum Gasteiger partial charge on any atom is 0.416 e. The zero-order valence-electron chi connectivity index (χ0n) is 8.93. The molecule has 0 fully saturated rings. The Morgan fingerprint density at radius 1 is 1.13 bits per heavy atom. The lowest BCUT2D eigenvalue weighted by Gasteiger charge is -2.12. The number of rotatable bonds is 3. The Balaban J connectivity index is 2.81. The van der Waals surface area contributed by atoms with Crippen molar-refractivity contribution < 1.29 is 13.2 Å². The fourth-order valence-corrected chi connectivity index (χ4v) is 1.60. The van der Waals surface area contributed by atoms with Crippen LogP contribution in [0.2, 0.25) is 0 Å². The van der Waals surface area contributed by atoms with Crippen LogP contribution in [0.4, 0.5) is 13.2 Å². The Morgan fingerprint density at radius 3 is 2.07 bits per heavy atom. The first-order valence-electron chi connectivity index (χ1n) is 5.12. The van der Waals surface area contributed by atoms with Crippen molar-refractivity contribution in [3.63, 3.8) is 0 Å². The first-order valence-corrected chi connectivity index (χ1v) is 5.12. The Labute approximate surface area is 88.1 Å². The molecule has 1 aromatic rings. The molecular weight excluding hydrogens is 201 g/mol. The van der Waals surface area contributed by atoms with Crippen LogP contribution in [-0.4, -0.2) is 0 Å². The van der Waals surface area contributed by atoms with Crippen molar-refractivity contribution in [3.8, 4) is 0 Å². The molecule has 0 aliphatic heterocycles. The van der Waals surface area contributed by atoms with Crippen LogP contribution in [0.25, 0.3) is 0 Å². The fourth-order valence-electron chi connectivity index (χ4n) is 1.60. The third-order valence-electron chi connectivity index (χ3n) is 2.53. The minimum atomic E-state index is -4.23. The van der Waals surface area contributed by atoms with E-state index in [1.807, 2.05) is 6.92 Å². The third-order valence-corrected chi connectivity index (χ3v) is 2.53. The average Bonchev–Trinajstić information content (AvgIpc) is 2.17. The van der Waals surface area contributed by atoms with Gasteiger partial charge in [0.2, 0.25) is 0 Å². The predicted octanol–water partition coefficient (Wildman–Crippen LogP) is 4.61. The van der Waals surface area contributed by atoms with Gasteiger partial charge in [0, 0.05) is 0 Å². The standard InChI is InChI=1S/C12H15F3/c1-3-4-9(2)10-5-7-11(8-6-10)12(13,14)15/h5-9H,3-4H2,1-2H3. The van der Waals surface area contributed by atoms with Gasteiger partial charge in [-0.05, 0) is 30.0 Å². The molecule has 1 aromatic carbocycles. The largest absolute Gasteiger partial charge is 0.416 e. The lowest BCUT2D eigenvalue weighted by atomic mass is 9.96. The van der Waals surface area contributed by atoms with Crippen LogP contribution in [-0.2, 0) is 6.18 Å². The minimum Gasteiger partial charge on any atom is -0.166 e. The van der Waals surface area contributed by atoms with E-state index in [1.54, 1.807) is 12.1 Å². The first kappa shape index (κ1) is 12.1. The second kappa shape index (κ2) is 4.69. The summed E-state index contributed by atoms with van der Waals surface area (Å²) in [6, 6.07) is 5.45. The lowest BCUT2D eigenvalue weighted by molar-refractivity contribution is -0.137. The molecule has 0 nitrogen and oxygen atoms in total. The van der Waals surface area contributed by atoms with E-state index in [0.29, 0.717) is 5.92 Å². The van der Waals surface area contributed by atoms with E-state index in [4.69, 9.17) is 0 Å². The van der Waals surface area contributed by atoms with Gasteiger partial charge in [-0.1, -0.05) is 32.4 Å². The normalized spacial score (nSPS) is 13.9. The highest BCUT2D eigenvalue weighted by Gasteiger charge is 2.30. The van der Waals surface area contributed by atoms with Crippen LogP contribution in [0.15, 0.2) is 24.3 Å². The zero-order chi connectivity index (χ0) is 11.5. The van der Waals surface area contributed by atoms with E-state index in [2.05, 4.69) is 6.92 Å². The van der Waals surface area contributed by atoms with Gasteiger partial charge < -0.3 is 0 Å². The molecule has 3 heteroatoms. The van der Waals surface area contributed by atoms with Crippen molar-refractivity contribution in [2.45, 2.75) is 38.8 Å². The molecule has 0 N–H and O–H groups in total. The smallest absolute Gasteiger partial charge is 0.166 e. The Kier molecular flexibility index (Phi) is 3.77. The van der Waals surface area contributed by atoms with Crippen molar-refractivity contribution in [3.05, 3.63) is 35.4 Å². The molecule has 0 aliphatic rings. The molecule has 0 radical (unpaired) electrons. The topological polar surface area (TPSA) is 0 Å². The summed E-state index contributed by atoms with van der Waals surface area (Å²) in [5.74, 6) is 0.331. The number of hydrogen-bond acceptors (Lipinski definition) is 0. The maximum absolute atomic E-state index is 12.3. The molecule has 0 heterocycles. The SMILES string of the molecule is CCCC(C)c1ccc(C(F)(F)F)cc1. The Hall–Kier alpha value is -0.990. The van der Waals surface area contributed by atoms with Gasteiger partial charge >= 0.3 is 6.18 Å². The van der Waals surface area contributed by atoms with Crippen LogP contribution >= 0.6 is 0 Å². The van der Waals surface area contributed by atoms with Gasteiger partial charge in [0.05, 0.1) is 5.56 Å². The predicted molar refractivity (Wildman–Crippen MR) is 54.8 cm³/mol. The number of alkyl halides is 3. The van der Waals surface area contributed by atoms with Gasteiger partial charge in [0.15, 0.2) is 0 Å². The van der Waals surface area contributed by atoms with Gasteiger partial charge in [0.25, 0.3) is 0 Å².